The number of fused-ring (bicyclic) bond motifs is 1. The highest BCUT2D eigenvalue weighted by molar-refractivity contribution is 7.23. The van der Waals surface area contributed by atoms with E-state index < -0.39 is 0 Å². The maximum atomic E-state index is 13.6. The van der Waals surface area contributed by atoms with E-state index in [1.807, 2.05) is 24.3 Å². The first-order valence-electron chi connectivity index (χ1n) is 11.0. The van der Waals surface area contributed by atoms with Crippen LogP contribution in [0.15, 0.2) is 36.4 Å². The summed E-state index contributed by atoms with van der Waals surface area (Å²) in [4.78, 5) is 22.5. The summed E-state index contributed by atoms with van der Waals surface area (Å²) >= 11 is 7.86. The molecule has 0 bridgehead atoms. The van der Waals surface area contributed by atoms with E-state index in [2.05, 4.69) is 39.5 Å². The number of aromatic nitrogens is 1. The third kappa shape index (κ3) is 5.25. The van der Waals surface area contributed by atoms with Gasteiger partial charge in [0, 0.05) is 18.7 Å². The molecule has 2 aromatic carbocycles. The number of carbonyl (C=O) groups excluding carboxylic acids is 1. The smallest absolute Gasteiger partial charge is 0.260 e. The molecule has 1 amide bonds. The minimum Gasteiger partial charge on any atom is -0.494 e. The van der Waals surface area contributed by atoms with Crippen molar-refractivity contribution in [3.63, 3.8) is 0 Å². The van der Waals surface area contributed by atoms with Crippen molar-refractivity contribution in [1.29, 1.82) is 0 Å². The van der Waals surface area contributed by atoms with Crippen LogP contribution in [-0.2, 0) is 5.41 Å². The molecule has 0 saturated heterocycles. The van der Waals surface area contributed by atoms with Crippen molar-refractivity contribution in [2.75, 3.05) is 38.2 Å². The van der Waals surface area contributed by atoms with Gasteiger partial charge >= 0.3 is 0 Å². The molecule has 3 aromatic rings. The fourth-order valence-corrected chi connectivity index (χ4v) is 4.84. The molecule has 0 spiro atoms. The predicted octanol–water partition coefficient (Wildman–Crippen LogP) is 6.24. The number of anilines is 1. The second-order valence-electron chi connectivity index (χ2n) is 8.73. The van der Waals surface area contributed by atoms with Gasteiger partial charge in [-0.3, -0.25) is 9.69 Å². The topological polar surface area (TPSA) is 45.7 Å². The van der Waals surface area contributed by atoms with Gasteiger partial charge in [0.2, 0.25) is 0 Å². The van der Waals surface area contributed by atoms with Crippen molar-refractivity contribution in [3.05, 3.63) is 52.5 Å². The first kappa shape index (κ1) is 24.5. The number of rotatable bonds is 8. The van der Waals surface area contributed by atoms with E-state index in [4.69, 9.17) is 21.3 Å². The van der Waals surface area contributed by atoms with Gasteiger partial charge in [-0.25, -0.2) is 4.98 Å². The number of carbonyl (C=O) groups is 1. The summed E-state index contributed by atoms with van der Waals surface area (Å²) in [5.74, 6) is 0.587. The normalized spacial score (nSPS) is 11.9. The Kier molecular flexibility index (Phi) is 7.80. The molecule has 0 fully saturated rings. The predicted molar refractivity (Wildman–Crippen MR) is 136 cm³/mol. The fraction of sp³-hybridized carbons (Fsp3) is 0.440. The minimum atomic E-state index is -0.0632. The molecule has 1 heterocycles. The molecular weight excluding hydrogens is 442 g/mol. The van der Waals surface area contributed by atoms with Crippen molar-refractivity contribution >= 4 is 44.2 Å². The number of thiazole rings is 1. The Morgan fingerprint density at radius 1 is 1.06 bits per heavy atom. The number of ether oxygens (including phenoxy) is 1. The second-order valence-corrected chi connectivity index (χ2v) is 10.1. The summed E-state index contributed by atoms with van der Waals surface area (Å²) in [6.07, 6.45) is 0. The molecule has 0 saturated carbocycles. The average Bonchev–Trinajstić information content (AvgIpc) is 3.22. The Bertz CT molecular complexity index is 1070. The molecule has 0 radical (unpaired) electrons. The lowest BCUT2D eigenvalue weighted by molar-refractivity contribution is 0.0983. The monoisotopic (exact) mass is 473 g/mol. The lowest BCUT2D eigenvalue weighted by Gasteiger charge is -2.25. The third-order valence-electron chi connectivity index (χ3n) is 5.68. The van der Waals surface area contributed by atoms with E-state index in [1.54, 1.807) is 24.1 Å². The number of methoxy groups -OCH3 is 1. The summed E-state index contributed by atoms with van der Waals surface area (Å²) in [6.45, 7) is 13.9. The first-order chi connectivity index (χ1) is 15.2. The SMILES string of the molecule is CCN(CC)CCN(C(=O)c1ccc(C(C)(C)C)cc1)c1nc2c(OC)ccc(Cl)c2s1. The zero-order valence-electron chi connectivity index (χ0n) is 19.7. The molecule has 7 heteroatoms. The number of hydrogen-bond donors (Lipinski definition) is 0. The van der Waals surface area contributed by atoms with Crippen LogP contribution < -0.4 is 9.64 Å². The number of benzene rings is 2. The molecule has 0 aliphatic heterocycles. The molecule has 0 N–H and O–H groups in total. The molecule has 0 aliphatic rings. The zero-order valence-corrected chi connectivity index (χ0v) is 21.3. The van der Waals surface area contributed by atoms with Crippen LogP contribution in [-0.4, -0.2) is 49.1 Å². The molecule has 0 atom stereocenters. The van der Waals surface area contributed by atoms with E-state index in [1.165, 1.54) is 16.9 Å². The van der Waals surface area contributed by atoms with Crippen LogP contribution in [0.1, 0.15) is 50.5 Å². The van der Waals surface area contributed by atoms with E-state index in [-0.39, 0.29) is 11.3 Å². The van der Waals surface area contributed by atoms with Crippen molar-refractivity contribution in [1.82, 2.24) is 9.88 Å². The average molecular weight is 474 g/mol. The number of amides is 1. The highest BCUT2D eigenvalue weighted by Gasteiger charge is 2.24. The molecule has 0 aliphatic carbocycles. The molecule has 3 rings (SSSR count). The van der Waals surface area contributed by atoms with E-state index in [0.717, 1.165) is 24.3 Å². The van der Waals surface area contributed by atoms with Crippen LogP contribution in [0.25, 0.3) is 10.2 Å². The molecule has 172 valence electrons. The van der Waals surface area contributed by atoms with Crippen molar-refractivity contribution < 1.29 is 9.53 Å². The van der Waals surface area contributed by atoms with Crippen LogP contribution in [0, 0.1) is 0 Å². The molecule has 0 unspecified atom stereocenters. The highest BCUT2D eigenvalue weighted by atomic mass is 35.5. The summed E-state index contributed by atoms with van der Waals surface area (Å²) in [6, 6.07) is 11.5. The summed E-state index contributed by atoms with van der Waals surface area (Å²) < 4.78 is 6.30. The lowest BCUT2D eigenvalue weighted by Crippen LogP contribution is -2.38. The van der Waals surface area contributed by atoms with Gasteiger partial charge in [0.05, 0.1) is 16.8 Å². The van der Waals surface area contributed by atoms with Gasteiger partial charge in [-0.05, 0) is 48.3 Å². The largest absolute Gasteiger partial charge is 0.494 e. The fourth-order valence-electron chi connectivity index (χ4n) is 3.56. The Balaban J connectivity index is 2.01. The Morgan fingerprint density at radius 3 is 2.28 bits per heavy atom. The van der Waals surface area contributed by atoms with Crippen molar-refractivity contribution in [2.24, 2.45) is 0 Å². The Morgan fingerprint density at radius 2 is 1.72 bits per heavy atom. The van der Waals surface area contributed by atoms with E-state index in [9.17, 15) is 4.79 Å². The van der Waals surface area contributed by atoms with E-state index >= 15 is 0 Å². The van der Waals surface area contributed by atoms with Gasteiger partial charge < -0.3 is 9.64 Å². The quantitative estimate of drug-likeness (QED) is 0.388. The van der Waals surface area contributed by atoms with Crippen molar-refractivity contribution in [2.45, 2.75) is 40.0 Å². The maximum Gasteiger partial charge on any atom is 0.260 e. The summed E-state index contributed by atoms with van der Waals surface area (Å²) in [5, 5.41) is 1.23. The van der Waals surface area contributed by atoms with Crippen LogP contribution in [0.4, 0.5) is 5.13 Å². The van der Waals surface area contributed by atoms with Gasteiger partial charge in [0.25, 0.3) is 5.91 Å². The maximum absolute atomic E-state index is 13.6. The summed E-state index contributed by atoms with van der Waals surface area (Å²) in [7, 11) is 1.61. The van der Waals surface area contributed by atoms with Gasteiger partial charge in [-0.15, -0.1) is 0 Å². The van der Waals surface area contributed by atoms with Crippen LogP contribution in [0.3, 0.4) is 0 Å². The highest BCUT2D eigenvalue weighted by Crippen LogP contribution is 2.39. The standard InChI is InChI=1S/C25H32ClN3O2S/c1-7-28(8-2)15-16-29(23(30)17-9-11-18(12-10-17)25(3,4)5)24-27-21-20(31-6)14-13-19(26)22(21)32-24/h9-14H,7-8,15-16H2,1-6H3. The lowest BCUT2D eigenvalue weighted by atomic mass is 9.86. The van der Waals surface area contributed by atoms with Gasteiger partial charge in [0.1, 0.15) is 11.3 Å². The van der Waals surface area contributed by atoms with Gasteiger partial charge in [-0.1, -0.05) is 69.7 Å². The number of hydrogen-bond acceptors (Lipinski definition) is 5. The van der Waals surface area contributed by atoms with Crippen LogP contribution >= 0.6 is 22.9 Å². The Labute approximate surface area is 200 Å². The minimum absolute atomic E-state index is 0.0321. The van der Waals surface area contributed by atoms with E-state index in [0.29, 0.717) is 33.5 Å². The second kappa shape index (κ2) is 10.2. The third-order valence-corrected chi connectivity index (χ3v) is 7.21. The first-order valence-corrected chi connectivity index (χ1v) is 12.2. The molecule has 5 nitrogen and oxygen atoms in total. The Hall–Kier alpha value is -2.15. The van der Waals surface area contributed by atoms with Crippen LogP contribution in [0.2, 0.25) is 5.02 Å². The molecule has 32 heavy (non-hydrogen) atoms. The van der Waals surface area contributed by atoms with Crippen LogP contribution in [0.5, 0.6) is 5.75 Å². The van der Waals surface area contributed by atoms with Gasteiger partial charge in [-0.2, -0.15) is 0 Å². The number of halogens is 1. The number of likely N-dealkylation sites (N-methyl/N-ethyl adjacent to an activating group) is 1. The molecular formula is C25H32ClN3O2S. The number of nitrogens with zero attached hydrogens (tertiary/aromatic N) is 3. The summed E-state index contributed by atoms with van der Waals surface area (Å²) in [5.41, 5.74) is 2.56. The molecule has 1 aromatic heterocycles. The van der Waals surface area contributed by atoms with Gasteiger partial charge in [0.15, 0.2) is 5.13 Å². The zero-order chi connectivity index (χ0) is 23.5. The van der Waals surface area contributed by atoms with Crippen molar-refractivity contribution in [3.8, 4) is 5.75 Å².